The standard InChI is InChI=1S/C16H22N4O2/c1-22-15-10-12-2-3-16(21)20(14(12)11-18-15)9-8-19-6-4-13(17)5-7-19/h2-3,10-11,13H,4-9,17H2,1H3. The zero-order chi connectivity index (χ0) is 15.5. The van der Waals surface area contributed by atoms with Gasteiger partial charge < -0.3 is 19.9 Å². The molecule has 1 aliphatic heterocycles. The molecule has 2 aromatic rings. The maximum absolute atomic E-state index is 12.2. The van der Waals surface area contributed by atoms with Crippen LogP contribution in [0.5, 0.6) is 5.88 Å². The maximum atomic E-state index is 12.2. The largest absolute Gasteiger partial charge is 0.481 e. The summed E-state index contributed by atoms with van der Waals surface area (Å²) in [7, 11) is 1.59. The van der Waals surface area contributed by atoms with E-state index < -0.39 is 0 Å². The Kier molecular flexibility index (Phi) is 4.40. The van der Waals surface area contributed by atoms with Crippen LogP contribution in [0.4, 0.5) is 0 Å². The Morgan fingerprint density at radius 3 is 2.82 bits per heavy atom. The monoisotopic (exact) mass is 302 g/mol. The highest BCUT2D eigenvalue weighted by atomic mass is 16.5. The average Bonchev–Trinajstić information content (AvgIpc) is 2.55. The second-order valence-corrected chi connectivity index (χ2v) is 5.79. The first-order valence-corrected chi connectivity index (χ1v) is 7.69. The van der Waals surface area contributed by atoms with Crippen molar-refractivity contribution in [2.75, 3.05) is 26.7 Å². The molecule has 0 bridgehead atoms. The molecule has 0 radical (unpaired) electrons. The molecule has 0 aliphatic carbocycles. The Balaban J connectivity index is 1.80. The van der Waals surface area contributed by atoms with Crippen molar-refractivity contribution in [1.82, 2.24) is 14.5 Å². The van der Waals surface area contributed by atoms with Crippen LogP contribution in [0.25, 0.3) is 10.9 Å². The van der Waals surface area contributed by atoms with Crippen LogP contribution in [0.3, 0.4) is 0 Å². The van der Waals surface area contributed by atoms with Crippen LogP contribution in [-0.2, 0) is 6.54 Å². The molecule has 0 aromatic carbocycles. The third-order valence-corrected chi connectivity index (χ3v) is 4.33. The number of fused-ring (bicyclic) bond motifs is 1. The Morgan fingerprint density at radius 2 is 2.09 bits per heavy atom. The third kappa shape index (κ3) is 3.13. The summed E-state index contributed by atoms with van der Waals surface area (Å²) in [5, 5.41) is 0.965. The van der Waals surface area contributed by atoms with Crippen molar-refractivity contribution in [3.05, 3.63) is 34.7 Å². The quantitative estimate of drug-likeness (QED) is 0.905. The summed E-state index contributed by atoms with van der Waals surface area (Å²) in [6.07, 6.45) is 3.77. The number of likely N-dealkylation sites (tertiary alicyclic amines) is 1. The van der Waals surface area contributed by atoms with Gasteiger partial charge in [-0.25, -0.2) is 4.98 Å². The first kappa shape index (κ1) is 15.0. The first-order chi connectivity index (χ1) is 10.7. The van der Waals surface area contributed by atoms with Crippen LogP contribution in [0.1, 0.15) is 12.8 Å². The van der Waals surface area contributed by atoms with E-state index in [1.165, 1.54) is 0 Å². The number of rotatable bonds is 4. The number of nitrogens with zero attached hydrogens (tertiary/aromatic N) is 3. The predicted molar refractivity (Wildman–Crippen MR) is 86.2 cm³/mol. The third-order valence-electron chi connectivity index (χ3n) is 4.33. The van der Waals surface area contributed by atoms with Gasteiger partial charge in [-0.3, -0.25) is 4.79 Å². The Morgan fingerprint density at radius 1 is 1.32 bits per heavy atom. The van der Waals surface area contributed by atoms with E-state index in [0.717, 1.165) is 43.4 Å². The molecule has 0 unspecified atom stereocenters. The van der Waals surface area contributed by atoms with Crippen molar-refractivity contribution in [1.29, 1.82) is 0 Å². The van der Waals surface area contributed by atoms with Crippen molar-refractivity contribution in [2.45, 2.75) is 25.4 Å². The van der Waals surface area contributed by atoms with Crippen molar-refractivity contribution in [2.24, 2.45) is 5.73 Å². The maximum Gasteiger partial charge on any atom is 0.251 e. The highest BCUT2D eigenvalue weighted by Crippen LogP contribution is 2.16. The molecule has 0 spiro atoms. The molecule has 6 heteroatoms. The van der Waals surface area contributed by atoms with Gasteiger partial charge >= 0.3 is 0 Å². The summed E-state index contributed by atoms with van der Waals surface area (Å²) in [5.41, 5.74) is 6.78. The van der Waals surface area contributed by atoms with Crippen LogP contribution in [-0.4, -0.2) is 47.2 Å². The van der Waals surface area contributed by atoms with Gasteiger partial charge in [-0.05, 0) is 32.0 Å². The van der Waals surface area contributed by atoms with Crippen molar-refractivity contribution < 1.29 is 4.74 Å². The fraction of sp³-hybridized carbons (Fsp3) is 0.500. The van der Waals surface area contributed by atoms with E-state index in [0.29, 0.717) is 18.5 Å². The van der Waals surface area contributed by atoms with Gasteiger partial charge in [0.2, 0.25) is 5.88 Å². The van der Waals surface area contributed by atoms with Gasteiger partial charge in [-0.2, -0.15) is 0 Å². The second-order valence-electron chi connectivity index (χ2n) is 5.79. The molecule has 2 aromatic heterocycles. The molecule has 1 saturated heterocycles. The highest BCUT2D eigenvalue weighted by molar-refractivity contribution is 5.79. The van der Waals surface area contributed by atoms with Crippen molar-refractivity contribution in [3.63, 3.8) is 0 Å². The van der Waals surface area contributed by atoms with Crippen molar-refractivity contribution >= 4 is 10.9 Å². The number of hydrogen-bond donors (Lipinski definition) is 1. The van der Waals surface area contributed by atoms with E-state index in [1.807, 2.05) is 12.1 Å². The summed E-state index contributed by atoms with van der Waals surface area (Å²) < 4.78 is 6.93. The number of piperidine rings is 1. The molecule has 6 nitrogen and oxygen atoms in total. The van der Waals surface area contributed by atoms with Crippen LogP contribution in [0, 0.1) is 0 Å². The van der Waals surface area contributed by atoms with Crippen LogP contribution in [0.15, 0.2) is 29.2 Å². The van der Waals surface area contributed by atoms with E-state index in [9.17, 15) is 4.79 Å². The van der Waals surface area contributed by atoms with Gasteiger partial charge in [0.25, 0.3) is 5.56 Å². The molecule has 118 valence electrons. The second kappa shape index (κ2) is 6.46. The van der Waals surface area contributed by atoms with Gasteiger partial charge in [0.1, 0.15) is 0 Å². The average molecular weight is 302 g/mol. The number of hydrogen-bond acceptors (Lipinski definition) is 5. The minimum absolute atomic E-state index is 0.00757. The molecular weight excluding hydrogens is 280 g/mol. The SMILES string of the molecule is COc1cc2ccc(=O)n(CCN3CCC(N)CC3)c2cn1. The minimum atomic E-state index is 0.00757. The fourth-order valence-corrected chi connectivity index (χ4v) is 2.93. The van der Waals surface area contributed by atoms with E-state index in [1.54, 1.807) is 23.9 Å². The van der Waals surface area contributed by atoms with E-state index in [-0.39, 0.29) is 5.56 Å². The number of pyridine rings is 2. The molecule has 0 amide bonds. The Labute approximate surface area is 129 Å². The fourth-order valence-electron chi connectivity index (χ4n) is 2.93. The summed E-state index contributed by atoms with van der Waals surface area (Å²) in [4.78, 5) is 18.8. The van der Waals surface area contributed by atoms with Crippen molar-refractivity contribution in [3.8, 4) is 5.88 Å². The number of nitrogens with two attached hydrogens (primary N) is 1. The lowest BCUT2D eigenvalue weighted by Gasteiger charge is -2.30. The van der Waals surface area contributed by atoms with Gasteiger partial charge in [0.05, 0.1) is 18.8 Å². The van der Waals surface area contributed by atoms with Crippen LogP contribution >= 0.6 is 0 Å². The van der Waals surface area contributed by atoms with Gasteiger partial charge in [0.15, 0.2) is 0 Å². The van der Waals surface area contributed by atoms with E-state index in [4.69, 9.17) is 10.5 Å². The lowest BCUT2D eigenvalue weighted by atomic mass is 10.1. The minimum Gasteiger partial charge on any atom is -0.481 e. The van der Waals surface area contributed by atoms with Crippen LogP contribution < -0.4 is 16.0 Å². The lowest BCUT2D eigenvalue weighted by Crippen LogP contribution is -2.41. The zero-order valence-electron chi connectivity index (χ0n) is 12.9. The Hall–Kier alpha value is -1.92. The molecule has 1 aliphatic rings. The summed E-state index contributed by atoms with van der Waals surface area (Å²) in [6, 6.07) is 5.60. The number of methoxy groups -OCH3 is 1. The molecule has 22 heavy (non-hydrogen) atoms. The van der Waals surface area contributed by atoms with Gasteiger partial charge in [0, 0.05) is 36.7 Å². The number of aromatic nitrogens is 2. The predicted octanol–water partition coefficient (Wildman–Crippen LogP) is 0.828. The molecule has 2 N–H and O–H groups in total. The normalized spacial score (nSPS) is 17.0. The topological polar surface area (TPSA) is 73.4 Å². The molecule has 3 rings (SSSR count). The van der Waals surface area contributed by atoms with Crippen LogP contribution in [0.2, 0.25) is 0 Å². The first-order valence-electron chi connectivity index (χ1n) is 7.69. The number of ether oxygens (including phenoxy) is 1. The molecule has 0 saturated carbocycles. The summed E-state index contributed by atoms with van der Waals surface area (Å²) in [6.45, 7) is 3.54. The highest BCUT2D eigenvalue weighted by Gasteiger charge is 2.16. The zero-order valence-corrected chi connectivity index (χ0v) is 12.9. The van der Waals surface area contributed by atoms with Gasteiger partial charge in [-0.15, -0.1) is 0 Å². The smallest absolute Gasteiger partial charge is 0.251 e. The molecule has 1 fully saturated rings. The van der Waals surface area contributed by atoms with Gasteiger partial charge in [-0.1, -0.05) is 0 Å². The Bertz CT molecular complexity index is 705. The summed E-state index contributed by atoms with van der Waals surface area (Å²) >= 11 is 0. The molecule has 0 atom stereocenters. The lowest BCUT2D eigenvalue weighted by molar-refractivity contribution is 0.206. The van der Waals surface area contributed by atoms with E-state index in [2.05, 4.69) is 9.88 Å². The molecular formula is C16H22N4O2. The molecule has 3 heterocycles. The van der Waals surface area contributed by atoms with E-state index >= 15 is 0 Å². The summed E-state index contributed by atoms with van der Waals surface area (Å²) in [5.74, 6) is 0.558.